The minimum absolute atomic E-state index is 0.247. The Balaban J connectivity index is 1.55. The second-order valence-electron chi connectivity index (χ2n) is 7.17. The summed E-state index contributed by atoms with van der Waals surface area (Å²) in [5.41, 5.74) is 2.14. The molecular weight excluding hydrogens is 516 g/mol. The van der Waals surface area contributed by atoms with E-state index in [0.717, 1.165) is 11.1 Å². The Bertz CT molecular complexity index is 1280. The van der Waals surface area contributed by atoms with Gasteiger partial charge in [-0.3, -0.25) is 9.69 Å². The number of nitrogens with zero attached hydrogens (tertiary/aromatic N) is 1. The molecule has 3 aromatic carbocycles. The van der Waals surface area contributed by atoms with Gasteiger partial charge in [-0.25, -0.2) is 4.39 Å². The fourth-order valence-electron chi connectivity index (χ4n) is 3.21. The summed E-state index contributed by atoms with van der Waals surface area (Å²) < 4.78 is 25.1. The second-order valence-corrected chi connectivity index (χ2v) is 9.66. The number of halogens is 3. The van der Waals surface area contributed by atoms with Gasteiger partial charge in [0.15, 0.2) is 15.8 Å². The lowest BCUT2D eigenvalue weighted by Crippen LogP contribution is -2.27. The Labute approximate surface area is 216 Å². The van der Waals surface area contributed by atoms with Gasteiger partial charge in [0.05, 0.1) is 27.2 Å². The maximum atomic E-state index is 13.1. The van der Waals surface area contributed by atoms with Gasteiger partial charge in [-0.15, -0.1) is 0 Å². The normalized spacial score (nSPS) is 14.7. The molecule has 0 atom stereocenters. The molecule has 1 heterocycles. The van der Waals surface area contributed by atoms with Crippen LogP contribution < -0.4 is 14.4 Å². The van der Waals surface area contributed by atoms with Gasteiger partial charge < -0.3 is 9.47 Å². The van der Waals surface area contributed by atoms with E-state index in [1.807, 2.05) is 13.0 Å². The SMILES string of the molecule is CCOc1cc(/C=C2/SC(=S)N(c3ccc(Cl)c(Cl)c3)C2=O)ccc1OCc1ccc(F)cc1. The maximum Gasteiger partial charge on any atom is 0.270 e. The minimum atomic E-state index is -0.298. The van der Waals surface area contributed by atoms with E-state index in [9.17, 15) is 9.18 Å². The molecule has 1 aliphatic heterocycles. The lowest BCUT2D eigenvalue weighted by molar-refractivity contribution is -0.113. The highest BCUT2D eigenvalue weighted by Gasteiger charge is 2.33. The van der Waals surface area contributed by atoms with Crippen molar-refractivity contribution in [3.63, 3.8) is 0 Å². The number of benzene rings is 3. The van der Waals surface area contributed by atoms with Crippen molar-refractivity contribution in [1.82, 2.24) is 0 Å². The molecule has 4 rings (SSSR count). The molecule has 0 unspecified atom stereocenters. The summed E-state index contributed by atoms with van der Waals surface area (Å²) in [5.74, 6) is 0.542. The summed E-state index contributed by atoms with van der Waals surface area (Å²) in [4.78, 5) is 15.0. The van der Waals surface area contributed by atoms with Gasteiger partial charge in [-0.1, -0.05) is 65.4 Å². The lowest BCUT2D eigenvalue weighted by atomic mass is 10.1. The zero-order chi connectivity index (χ0) is 24.2. The first-order chi connectivity index (χ1) is 16.4. The Morgan fingerprint density at radius 1 is 1.00 bits per heavy atom. The van der Waals surface area contributed by atoms with Crippen molar-refractivity contribution in [3.05, 3.63) is 92.6 Å². The summed E-state index contributed by atoms with van der Waals surface area (Å²) in [7, 11) is 0. The van der Waals surface area contributed by atoms with Crippen LogP contribution in [-0.2, 0) is 11.4 Å². The highest BCUT2D eigenvalue weighted by Crippen LogP contribution is 2.39. The second kappa shape index (κ2) is 10.8. The Morgan fingerprint density at radius 3 is 2.47 bits per heavy atom. The quantitative estimate of drug-likeness (QED) is 0.232. The molecule has 1 saturated heterocycles. The summed E-state index contributed by atoms with van der Waals surface area (Å²) in [5, 5.41) is 0.742. The number of anilines is 1. The molecule has 3 aromatic rings. The molecule has 0 aliphatic carbocycles. The molecule has 0 saturated carbocycles. The first-order valence-electron chi connectivity index (χ1n) is 10.2. The third-order valence-electron chi connectivity index (χ3n) is 4.83. The molecule has 0 spiro atoms. The van der Waals surface area contributed by atoms with Gasteiger partial charge in [-0.05, 0) is 66.6 Å². The molecule has 0 bridgehead atoms. The van der Waals surface area contributed by atoms with Gasteiger partial charge in [0.1, 0.15) is 12.4 Å². The fourth-order valence-corrected chi connectivity index (χ4v) is 4.80. The van der Waals surface area contributed by atoms with Crippen LogP contribution in [0.4, 0.5) is 10.1 Å². The molecule has 34 heavy (non-hydrogen) atoms. The van der Waals surface area contributed by atoms with Crippen LogP contribution in [0.2, 0.25) is 10.0 Å². The summed E-state index contributed by atoms with van der Waals surface area (Å²) in [6, 6.07) is 16.4. The van der Waals surface area contributed by atoms with Crippen LogP contribution in [0.25, 0.3) is 6.08 Å². The van der Waals surface area contributed by atoms with Gasteiger partial charge in [0.2, 0.25) is 0 Å². The average Bonchev–Trinajstić information content (AvgIpc) is 3.09. The highest BCUT2D eigenvalue weighted by atomic mass is 35.5. The number of hydrogen-bond donors (Lipinski definition) is 0. The van der Waals surface area contributed by atoms with Gasteiger partial charge in [0, 0.05) is 0 Å². The van der Waals surface area contributed by atoms with E-state index < -0.39 is 0 Å². The van der Waals surface area contributed by atoms with E-state index in [2.05, 4.69) is 0 Å². The molecule has 0 N–H and O–H groups in total. The summed E-state index contributed by atoms with van der Waals surface area (Å²) in [6.07, 6.45) is 1.75. The number of amides is 1. The van der Waals surface area contributed by atoms with Crippen LogP contribution in [-0.4, -0.2) is 16.8 Å². The number of thiocarbonyl (C=S) groups is 1. The largest absolute Gasteiger partial charge is 0.490 e. The van der Waals surface area contributed by atoms with Crippen molar-refractivity contribution in [3.8, 4) is 11.5 Å². The highest BCUT2D eigenvalue weighted by molar-refractivity contribution is 8.27. The van der Waals surface area contributed by atoms with Crippen molar-refractivity contribution in [2.75, 3.05) is 11.5 Å². The van der Waals surface area contributed by atoms with Gasteiger partial charge in [0.25, 0.3) is 5.91 Å². The smallest absolute Gasteiger partial charge is 0.270 e. The van der Waals surface area contributed by atoms with E-state index in [1.165, 1.54) is 28.8 Å². The van der Waals surface area contributed by atoms with E-state index >= 15 is 0 Å². The first kappa shape index (κ1) is 24.5. The maximum absolute atomic E-state index is 13.1. The number of thioether (sulfide) groups is 1. The number of rotatable bonds is 7. The number of ether oxygens (including phenoxy) is 2. The van der Waals surface area contributed by atoms with Crippen LogP contribution in [0, 0.1) is 5.82 Å². The van der Waals surface area contributed by atoms with E-state index in [-0.39, 0.29) is 18.3 Å². The molecule has 9 heteroatoms. The predicted molar refractivity (Wildman–Crippen MR) is 140 cm³/mol. The third-order valence-corrected chi connectivity index (χ3v) is 6.87. The number of carbonyl (C=O) groups excluding carboxylic acids is 1. The predicted octanol–water partition coefficient (Wildman–Crippen LogP) is 7.52. The van der Waals surface area contributed by atoms with E-state index in [0.29, 0.717) is 43.1 Å². The van der Waals surface area contributed by atoms with Crippen molar-refractivity contribution in [2.24, 2.45) is 0 Å². The topological polar surface area (TPSA) is 38.8 Å². The van der Waals surface area contributed by atoms with E-state index in [4.69, 9.17) is 44.9 Å². The Morgan fingerprint density at radius 2 is 1.76 bits per heavy atom. The number of hydrogen-bond acceptors (Lipinski definition) is 5. The molecule has 1 fully saturated rings. The van der Waals surface area contributed by atoms with Crippen LogP contribution in [0.3, 0.4) is 0 Å². The molecule has 0 radical (unpaired) electrons. The van der Waals surface area contributed by atoms with Crippen LogP contribution >= 0.6 is 47.2 Å². The standard InChI is InChI=1S/C25H18Cl2FNO3S2/c1-2-31-22-11-16(5-10-21(22)32-14-15-3-6-17(28)7-4-15)12-23-24(30)29(25(33)34-23)18-8-9-19(26)20(27)13-18/h3-13H,2,14H2,1H3/b23-12+. The van der Waals surface area contributed by atoms with Crippen molar-refractivity contribution < 1.29 is 18.7 Å². The lowest BCUT2D eigenvalue weighted by Gasteiger charge is -2.15. The van der Waals surface area contributed by atoms with Gasteiger partial charge in [-0.2, -0.15) is 0 Å². The molecule has 0 aromatic heterocycles. The number of carbonyl (C=O) groups is 1. The summed E-state index contributed by atoms with van der Waals surface area (Å²) >= 11 is 18.7. The van der Waals surface area contributed by atoms with Crippen molar-refractivity contribution in [1.29, 1.82) is 0 Å². The molecule has 174 valence electrons. The van der Waals surface area contributed by atoms with Crippen LogP contribution in [0.15, 0.2) is 65.6 Å². The molecular formula is C25H18Cl2FNO3S2. The Hall–Kier alpha value is -2.58. The monoisotopic (exact) mass is 533 g/mol. The van der Waals surface area contributed by atoms with Crippen molar-refractivity contribution >= 4 is 69.2 Å². The molecule has 4 nitrogen and oxygen atoms in total. The fraction of sp³-hybridized carbons (Fsp3) is 0.120. The molecule has 1 aliphatic rings. The van der Waals surface area contributed by atoms with Gasteiger partial charge >= 0.3 is 0 Å². The summed E-state index contributed by atoms with van der Waals surface area (Å²) in [6.45, 7) is 2.58. The van der Waals surface area contributed by atoms with Crippen molar-refractivity contribution in [2.45, 2.75) is 13.5 Å². The third kappa shape index (κ3) is 5.55. The first-order valence-corrected chi connectivity index (χ1v) is 12.2. The van der Waals surface area contributed by atoms with Crippen LogP contribution in [0.5, 0.6) is 11.5 Å². The zero-order valence-corrected chi connectivity index (χ0v) is 21.0. The minimum Gasteiger partial charge on any atom is -0.490 e. The zero-order valence-electron chi connectivity index (χ0n) is 17.9. The van der Waals surface area contributed by atoms with Crippen LogP contribution in [0.1, 0.15) is 18.1 Å². The average molecular weight is 534 g/mol. The molecule has 1 amide bonds. The van der Waals surface area contributed by atoms with E-state index in [1.54, 1.807) is 48.5 Å². The Kier molecular flexibility index (Phi) is 7.78.